The summed E-state index contributed by atoms with van der Waals surface area (Å²) >= 11 is 0. The van der Waals surface area contributed by atoms with Gasteiger partial charge in [0.05, 0.1) is 0 Å². The maximum absolute atomic E-state index is 12.5. The smallest absolute Gasteiger partial charge is 0.222 e. The summed E-state index contributed by atoms with van der Waals surface area (Å²) < 4.78 is 0. The summed E-state index contributed by atoms with van der Waals surface area (Å²) in [5.41, 5.74) is 1.43. The normalized spacial score (nSPS) is 23.5. The SMILES string of the molecule is O=C(CC1CCCNCC1)N1CCC(Cc2ccccc2)CC1. The highest BCUT2D eigenvalue weighted by molar-refractivity contribution is 5.76. The molecule has 0 saturated carbocycles. The molecule has 1 unspecified atom stereocenters. The molecule has 1 aromatic rings. The number of hydrogen-bond donors (Lipinski definition) is 1. The Morgan fingerprint density at radius 1 is 1.00 bits per heavy atom. The number of nitrogens with one attached hydrogen (secondary N) is 1. The van der Waals surface area contributed by atoms with Crippen molar-refractivity contribution in [2.45, 2.75) is 44.9 Å². The van der Waals surface area contributed by atoms with E-state index in [1.54, 1.807) is 0 Å². The van der Waals surface area contributed by atoms with Crippen LogP contribution in [0.1, 0.15) is 44.1 Å². The van der Waals surface area contributed by atoms with E-state index in [2.05, 4.69) is 40.5 Å². The third-order valence-corrected chi connectivity index (χ3v) is 5.49. The maximum atomic E-state index is 12.5. The van der Waals surface area contributed by atoms with Gasteiger partial charge in [-0.3, -0.25) is 4.79 Å². The fraction of sp³-hybridized carbons (Fsp3) is 0.650. The van der Waals surface area contributed by atoms with Gasteiger partial charge in [0, 0.05) is 19.5 Å². The predicted octanol–water partition coefficient (Wildman–Crippen LogP) is 3.25. The van der Waals surface area contributed by atoms with Gasteiger partial charge in [0.25, 0.3) is 0 Å². The minimum absolute atomic E-state index is 0.398. The van der Waals surface area contributed by atoms with E-state index in [0.717, 1.165) is 64.2 Å². The van der Waals surface area contributed by atoms with Crippen LogP contribution >= 0.6 is 0 Å². The van der Waals surface area contributed by atoms with Crippen LogP contribution in [0.2, 0.25) is 0 Å². The lowest BCUT2D eigenvalue weighted by Crippen LogP contribution is -2.39. The van der Waals surface area contributed by atoms with Crippen LogP contribution < -0.4 is 5.32 Å². The summed E-state index contributed by atoms with van der Waals surface area (Å²) in [5, 5.41) is 3.43. The van der Waals surface area contributed by atoms with Crippen molar-refractivity contribution >= 4 is 5.91 Å². The lowest BCUT2D eigenvalue weighted by molar-refractivity contribution is -0.133. The van der Waals surface area contributed by atoms with Gasteiger partial charge >= 0.3 is 0 Å². The van der Waals surface area contributed by atoms with E-state index >= 15 is 0 Å². The van der Waals surface area contributed by atoms with Gasteiger partial charge in [0.2, 0.25) is 5.91 Å². The number of nitrogens with zero attached hydrogens (tertiary/aromatic N) is 1. The van der Waals surface area contributed by atoms with Crippen LogP contribution in [0.3, 0.4) is 0 Å². The molecule has 3 rings (SSSR count). The van der Waals surface area contributed by atoms with Crippen LogP contribution in [0, 0.1) is 11.8 Å². The van der Waals surface area contributed by atoms with Gasteiger partial charge in [0.1, 0.15) is 0 Å². The van der Waals surface area contributed by atoms with Gasteiger partial charge in [-0.05, 0) is 69.0 Å². The summed E-state index contributed by atoms with van der Waals surface area (Å²) in [6.07, 6.45) is 7.85. The molecule has 2 heterocycles. The van der Waals surface area contributed by atoms with Crippen molar-refractivity contribution in [2.75, 3.05) is 26.2 Å². The monoisotopic (exact) mass is 314 g/mol. The highest BCUT2D eigenvalue weighted by atomic mass is 16.2. The zero-order valence-corrected chi connectivity index (χ0v) is 14.2. The van der Waals surface area contributed by atoms with Gasteiger partial charge in [-0.15, -0.1) is 0 Å². The zero-order valence-electron chi connectivity index (χ0n) is 14.2. The summed E-state index contributed by atoms with van der Waals surface area (Å²) in [6, 6.07) is 10.8. The van der Waals surface area contributed by atoms with E-state index in [9.17, 15) is 4.79 Å². The molecule has 0 spiro atoms. The lowest BCUT2D eigenvalue weighted by Gasteiger charge is -2.33. The van der Waals surface area contributed by atoms with Crippen LogP contribution in [0.4, 0.5) is 0 Å². The molecule has 0 bridgehead atoms. The summed E-state index contributed by atoms with van der Waals surface area (Å²) in [4.78, 5) is 14.7. The number of hydrogen-bond acceptors (Lipinski definition) is 2. The number of rotatable bonds is 4. The second kappa shape index (κ2) is 8.49. The molecule has 23 heavy (non-hydrogen) atoms. The number of carbonyl (C=O) groups excluding carboxylic acids is 1. The lowest BCUT2D eigenvalue weighted by atomic mass is 9.89. The van der Waals surface area contributed by atoms with Crippen molar-refractivity contribution in [3.8, 4) is 0 Å². The molecule has 0 aliphatic carbocycles. The van der Waals surface area contributed by atoms with Crippen LogP contribution in [0.25, 0.3) is 0 Å². The minimum atomic E-state index is 0.398. The van der Waals surface area contributed by atoms with Crippen LogP contribution in [-0.2, 0) is 11.2 Å². The van der Waals surface area contributed by atoms with E-state index < -0.39 is 0 Å². The number of carbonyl (C=O) groups is 1. The molecule has 126 valence electrons. The average molecular weight is 314 g/mol. The van der Waals surface area contributed by atoms with Crippen LogP contribution in [0.15, 0.2) is 30.3 Å². The number of benzene rings is 1. The van der Waals surface area contributed by atoms with E-state index in [1.165, 1.54) is 18.4 Å². The quantitative estimate of drug-likeness (QED) is 0.925. The molecular weight excluding hydrogens is 284 g/mol. The van der Waals surface area contributed by atoms with Gasteiger partial charge in [-0.25, -0.2) is 0 Å². The molecule has 3 nitrogen and oxygen atoms in total. The van der Waals surface area contributed by atoms with E-state index in [-0.39, 0.29) is 0 Å². The average Bonchev–Trinajstić information content (AvgIpc) is 2.85. The van der Waals surface area contributed by atoms with Crippen molar-refractivity contribution in [3.05, 3.63) is 35.9 Å². The molecule has 3 heteroatoms. The molecule has 2 fully saturated rings. The Hall–Kier alpha value is -1.35. The fourth-order valence-corrected chi connectivity index (χ4v) is 4.01. The standard InChI is InChI=1S/C20H30N2O/c23-20(16-18-7-4-11-21-12-8-18)22-13-9-19(10-14-22)15-17-5-2-1-3-6-17/h1-3,5-6,18-19,21H,4,7-16H2. The molecule has 1 amide bonds. The first kappa shape index (κ1) is 16.5. The number of likely N-dealkylation sites (tertiary alicyclic amines) is 1. The topological polar surface area (TPSA) is 32.3 Å². The summed E-state index contributed by atoms with van der Waals surface area (Å²) in [7, 11) is 0. The molecular formula is C20H30N2O. The molecule has 1 atom stereocenters. The van der Waals surface area contributed by atoms with E-state index in [1.807, 2.05) is 0 Å². The maximum Gasteiger partial charge on any atom is 0.222 e. The summed E-state index contributed by atoms with van der Waals surface area (Å²) in [6.45, 7) is 4.12. The molecule has 0 aromatic heterocycles. The third-order valence-electron chi connectivity index (χ3n) is 5.49. The predicted molar refractivity (Wildman–Crippen MR) is 94.3 cm³/mol. The zero-order chi connectivity index (χ0) is 15.9. The highest BCUT2D eigenvalue weighted by Gasteiger charge is 2.25. The number of piperidine rings is 1. The molecule has 2 saturated heterocycles. The Bertz CT molecular complexity index is 472. The molecule has 0 radical (unpaired) electrons. The Morgan fingerprint density at radius 2 is 1.78 bits per heavy atom. The first-order valence-electron chi connectivity index (χ1n) is 9.33. The first-order valence-corrected chi connectivity index (χ1v) is 9.33. The molecule has 2 aliphatic rings. The van der Waals surface area contributed by atoms with Gasteiger partial charge in [-0.1, -0.05) is 30.3 Å². The second-order valence-electron chi connectivity index (χ2n) is 7.26. The Balaban J connectivity index is 1.42. The Morgan fingerprint density at radius 3 is 2.57 bits per heavy atom. The summed E-state index contributed by atoms with van der Waals surface area (Å²) in [5.74, 6) is 1.73. The fourth-order valence-electron chi connectivity index (χ4n) is 4.01. The largest absolute Gasteiger partial charge is 0.343 e. The Labute approximate surface area is 140 Å². The van der Waals surface area contributed by atoms with Crippen molar-refractivity contribution in [1.82, 2.24) is 10.2 Å². The van der Waals surface area contributed by atoms with Gasteiger partial charge < -0.3 is 10.2 Å². The van der Waals surface area contributed by atoms with Gasteiger partial charge in [0.15, 0.2) is 0 Å². The van der Waals surface area contributed by atoms with Crippen molar-refractivity contribution in [2.24, 2.45) is 11.8 Å². The molecule has 1 N–H and O–H groups in total. The molecule has 1 aromatic carbocycles. The highest BCUT2D eigenvalue weighted by Crippen LogP contribution is 2.24. The number of amides is 1. The third kappa shape index (κ3) is 5.07. The van der Waals surface area contributed by atoms with Crippen molar-refractivity contribution in [1.29, 1.82) is 0 Å². The van der Waals surface area contributed by atoms with Crippen LogP contribution in [0.5, 0.6) is 0 Å². The second-order valence-corrected chi connectivity index (χ2v) is 7.26. The van der Waals surface area contributed by atoms with Gasteiger partial charge in [-0.2, -0.15) is 0 Å². The van der Waals surface area contributed by atoms with Crippen molar-refractivity contribution < 1.29 is 4.79 Å². The van der Waals surface area contributed by atoms with E-state index in [0.29, 0.717) is 11.8 Å². The van der Waals surface area contributed by atoms with Crippen molar-refractivity contribution in [3.63, 3.8) is 0 Å². The van der Waals surface area contributed by atoms with Crippen LogP contribution in [-0.4, -0.2) is 37.0 Å². The Kier molecular flexibility index (Phi) is 6.09. The minimum Gasteiger partial charge on any atom is -0.343 e. The van der Waals surface area contributed by atoms with E-state index in [4.69, 9.17) is 0 Å². The molecule has 2 aliphatic heterocycles. The first-order chi connectivity index (χ1) is 11.3.